The smallest absolute Gasteiger partial charge is 0.241 e. The van der Waals surface area contributed by atoms with Crippen LogP contribution in [-0.2, 0) is 9.53 Å². The van der Waals surface area contributed by atoms with Gasteiger partial charge in [-0.2, -0.15) is 0 Å². The lowest BCUT2D eigenvalue weighted by Crippen LogP contribution is -2.36. The van der Waals surface area contributed by atoms with Gasteiger partial charge >= 0.3 is 0 Å². The van der Waals surface area contributed by atoms with Crippen LogP contribution in [0.1, 0.15) is 6.42 Å². The lowest BCUT2D eigenvalue weighted by atomic mass is 10.2. The molecule has 0 spiro atoms. The number of carbonyl (C=O) groups excluding carboxylic acids is 1. The lowest BCUT2D eigenvalue weighted by Gasteiger charge is -2.12. The number of hydrogen-bond acceptors (Lipinski definition) is 3. The van der Waals surface area contributed by atoms with Crippen molar-refractivity contribution >= 4 is 27.5 Å². The summed E-state index contributed by atoms with van der Waals surface area (Å²) < 4.78 is 31.4. The predicted molar refractivity (Wildman–Crippen MR) is 67.2 cm³/mol. The summed E-state index contributed by atoms with van der Waals surface area (Å²) in [5.74, 6) is -2.00. The molecule has 4 nitrogen and oxygen atoms in total. The highest BCUT2D eigenvalue weighted by Crippen LogP contribution is 2.23. The van der Waals surface area contributed by atoms with Gasteiger partial charge in [-0.25, -0.2) is 8.78 Å². The van der Waals surface area contributed by atoms with E-state index in [1.807, 2.05) is 0 Å². The molecular weight excluding hydrogens is 310 g/mol. The molecule has 0 aromatic heterocycles. The number of halogens is 3. The first-order valence-electron chi connectivity index (χ1n) is 5.15. The van der Waals surface area contributed by atoms with Crippen molar-refractivity contribution in [3.05, 3.63) is 28.2 Å². The van der Waals surface area contributed by atoms with Gasteiger partial charge in [-0.05, 0) is 28.4 Å². The predicted octanol–water partition coefficient (Wildman–Crippen LogP) is 2.03. The molecule has 0 fully saturated rings. The molecule has 0 saturated heterocycles. The molecule has 0 aliphatic heterocycles. The van der Waals surface area contributed by atoms with Gasteiger partial charge in [-0.1, -0.05) is 0 Å². The van der Waals surface area contributed by atoms with Crippen LogP contribution in [0.2, 0.25) is 0 Å². The van der Waals surface area contributed by atoms with Gasteiger partial charge in [0.25, 0.3) is 0 Å². The van der Waals surface area contributed by atoms with Gasteiger partial charge in [-0.3, -0.25) is 4.79 Å². The number of ether oxygens (including phenoxy) is 1. The lowest BCUT2D eigenvalue weighted by molar-refractivity contribution is -0.117. The third-order valence-electron chi connectivity index (χ3n) is 2.24. The van der Waals surface area contributed by atoms with Crippen LogP contribution >= 0.6 is 15.9 Å². The Kier molecular flexibility index (Phi) is 5.64. The number of nitrogens with two attached hydrogens (primary N) is 1. The zero-order valence-corrected chi connectivity index (χ0v) is 11.3. The molecule has 7 heteroatoms. The standard InChI is InChI=1S/C11H13BrF2N2O2/c1-18-3-2-9(15)11(17)16-10-5-7(13)6(12)4-8(10)14/h4-5,9H,2-3,15H2,1H3,(H,16,17). The second kappa shape index (κ2) is 6.77. The van der Waals surface area contributed by atoms with E-state index in [2.05, 4.69) is 21.2 Å². The molecule has 1 aromatic carbocycles. The largest absolute Gasteiger partial charge is 0.385 e. The van der Waals surface area contributed by atoms with Crippen molar-refractivity contribution in [1.29, 1.82) is 0 Å². The molecule has 3 N–H and O–H groups in total. The molecule has 0 bridgehead atoms. The van der Waals surface area contributed by atoms with Gasteiger partial charge in [0.05, 0.1) is 16.2 Å². The van der Waals surface area contributed by atoms with Crippen LogP contribution in [0.15, 0.2) is 16.6 Å². The summed E-state index contributed by atoms with van der Waals surface area (Å²) in [6.45, 7) is 0.311. The maximum atomic E-state index is 13.4. The fourth-order valence-electron chi connectivity index (χ4n) is 1.22. The zero-order chi connectivity index (χ0) is 13.7. The molecular formula is C11H13BrF2N2O2. The highest BCUT2D eigenvalue weighted by atomic mass is 79.9. The Hall–Kier alpha value is -1.05. The molecule has 1 amide bonds. The van der Waals surface area contributed by atoms with Crippen LogP contribution in [-0.4, -0.2) is 25.7 Å². The van der Waals surface area contributed by atoms with E-state index in [4.69, 9.17) is 10.5 Å². The summed E-state index contributed by atoms with van der Waals surface area (Å²) in [6.07, 6.45) is 0.295. The van der Waals surface area contributed by atoms with E-state index in [0.717, 1.165) is 12.1 Å². The number of methoxy groups -OCH3 is 1. The Morgan fingerprint density at radius 3 is 2.78 bits per heavy atom. The van der Waals surface area contributed by atoms with Crippen molar-refractivity contribution in [3.63, 3.8) is 0 Å². The van der Waals surface area contributed by atoms with Crippen LogP contribution in [0.3, 0.4) is 0 Å². The van der Waals surface area contributed by atoms with E-state index in [9.17, 15) is 13.6 Å². The maximum Gasteiger partial charge on any atom is 0.241 e. The molecule has 0 heterocycles. The normalized spacial score (nSPS) is 12.3. The summed E-state index contributed by atoms with van der Waals surface area (Å²) in [5.41, 5.74) is 5.31. The summed E-state index contributed by atoms with van der Waals surface area (Å²) in [7, 11) is 1.48. The van der Waals surface area contributed by atoms with Crippen LogP contribution in [0, 0.1) is 11.6 Å². The Morgan fingerprint density at radius 2 is 2.17 bits per heavy atom. The van der Waals surface area contributed by atoms with E-state index >= 15 is 0 Å². The fraction of sp³-hybridized carbons (Fsp3) is 0.364. The van der Waals surface area contributed by atoms with E-state index in [1.54, 1.807) is 0 Å². The fourth-order valence-corrected chi connectivity index (χ4v) is 1.54. The van der Waals surface area contributed by atoms with Gasteiger partial charge in [0.2, 0.25) is 5.91 Å². The average molecular weight is 323 g/mol. The van der Waals surface area contributed by atoms with Crippen molar-refractivity contribution in [2.45, 2.75) is 12.5 Å². The summed E-state index contributed by atoms with van der Waals surface area (Å²) in [4.78, 5) is 11.6. The van der Waals surface area contributed by atoms with Crippen LogP contribution in [0.4, 0.5) is 14.5 Å². The van der Waals surface area contributed by atoms with Crippen molar-refractivity contribution in [2.75, 3.05) is 19.0 Å². The van der Waals surface area contributed by atoms with Crippen molar-refractivity contribution in [2.24, 2.45) is 5.73 Å². The quantitative estimate of drug-likeness (QED) is 0.815. The minimum Gasteiger partial charge on any atom is -0.385 e. The first-order valence-corrected chi connectivity index (χ1v) is 5.95. The second-order valence-electron chi connectivity index (χ2n) is 3.62. The Morgan fingerprint density at radius 1 is 1.50 bits per heavy atom. The first kappa shape index (κ1) is 15.0. The monoisotopic (exact) mass is 322 g/mol. The molecule has 0 radical (unpaired) electrons. The van der Waals surface area contributed by atoms with Crippen LogP contribution < -0.4 is 11.1 Å². The topological polar surface area (TPSA) is 64.3 Å². The summed E-state index contributed by atoms with van der Waals surface area (Å²) in [5, 5.41) is 2.23. The zero-order valence-electron chi connectivity index (χ0n) is 9.67. The molecule has 1 atom stereocenters. The summed E-state index contributed by atoms with van der Waals surface area (Å²) in [6, 6.07) is 0.988. The van der Waals surface area contributed by atoms with Gasteiger partial charge in [0, 0.05) is 19.8 Å². The third kappa shape index (κ3) is 4.01. The third-order valence-corrected chi connectivity index (χ3v) is 2.85. The Labute approximate surface area is 112 Å². The van der Waals surface area contributed by atoms with E-state index < -0.39 is 23.6 Å². The number of carbonyl (C=O) groups is 1. The van der Waals surface area contributed by atoms with Gasteiger partial charge in [0.1, 0.15) is 11.6 Å². The Bertz CT molecular complexity index is 443. The first-order chi connectivity index (χ1) is 8.45. The highest BCUT2D eigenvalue weighted by molar-refractivity contribution is 9.10. The Balaban J connectivity index is 2.72. The van der Waals surface area contributed by atoms with Crippen LogP contribution in [0.5, 0.6) is 0 Å². The maximum absolute atomic E-state index is 13.4. The van der Waals surface area contributed by atoms with Crippen molar-refractivity contribution in [3.8, 4) is 0 Å². The molecule has 0 aliphatic carbocycles. The number of nitrogens with one attached hydrogen (secondary N) is 1. The molecule has 1 aromatic rings. The molecule has 1 rings (SSSR count). The molecule has 1 unspecified atom stereocenters. The number of benzene rings is 1. The highest BCUT2D eigenvalue weighted by Gasteiger charge is 2.16. The number of rotatable bonds is 5. The molecule has 0 aliphatic rings. The average Bonchev–Trinajstić information content (AvgIpc) is 2.32. The number of anilines is 1. The molecule has 0 saturated carbocycles. The van der Waals surface area contributed by atoms with Gasteiger partial charge in [0.15, 0.2) is 0 Å². The van der Waals surface area contributed by atoms with Crippen molar-refractivity contribution < 1.29 is 18.3 Å². The SMILES string of the molecule is COCCC(N)C(=O)Nc1cc(F)c(Br)cc1F. The van der Waals surface area contributed by atoms with E-state index in [-0.39, 0.29) is 10.2 Å². The number of hydrogen-bond donors (Lipinski definition) is 2. The summed E-state index contributed by atoms with van der Waals surface area (Å²) >= 11 is 2.84. The number of amides is 1. The van der Waals surface area contributed by atoms with Gasteiger partial charge in [-0.15, -0.1) is 0 Å². The molecule has 18 heavy (non-hydrogen) atoms. The van der Waals surface area contributed by atoms with E-state index in [1.165, 1.54) is 7.11 Å². The second-order valence-corrected chi connectivity index (χ2v) is 4.48. The minimum absolute atomic E-state index is 0.0123. The molecule has 100 valence electrons. The van der Waals surface area contributed by atoms with Crippen LogP contribution in [0.25, 0.3) is 0 Å². The van der Waals surface area contributed by atoms with E-state index in [0.29, 0.717) is 13.0 Å². The van der Waals surface area contributed by atoms with Gasteiger partial charge < -0.3 is 15.8 Å². The minimum atomic E-state index is -0.837. The van der Waals surface area contributed by atoms with Crippen molar-refractivity contribution in [1.82, 2.24) is 0 Å².